The molecule has 0 aliphatic rings. The van der Waals surface area contributed by atoms with Crippen molar-refractivity contribution in [3.05, 3.63) is 24.3 Å². The third kappa shape index (κ3) is 6.35. The van der Waals surface area contributed by atoms with Crippen molar-refractivity contribution in [1.82, 2.24) is 0 Å². The Morgan fingerprint density at radius 3 is 2.53 bits per heavy atom. The molecule has 0 saturated carbocycles. The van der Waals surface area contributed by atoms with E-state index in [1.54, 1.807) is 6.07 Å². The molecule has 0 aliphatic carbocycles. The summed E-state index contributed by atoms with van der Waals surface area (Å²) in [6, 6.07) is 7.59. The van der Waals surface area contributed by atoms with Crippen molar-refractivity contribution in [2.75, 3.05) is 29.0 Å². The second-order valence-corrected chi connectivity index (χ2v) is 12.0. The summed E-state index contributed by atoms with van der Waals surface area (Å²) in [5.41, 5.74) is 6.40. The van der Waals surface area contributed by atoms with E-state index in [0.717, 1.165) is 18.8 Å². The first-order chi connectivity index (χ1) is 8.81. The maximum atomic E-state index is 11.2. The minimum absolute atomic E-state index is 0.625. The third-order valence-electron chi connectivity index (χ3n) is 2.71. The van der Waals surface area contributed by atoms with E-state index >= 15 is 0 Å². The summed E-state index contributed by atoms with van der Waals surface area (Å²) in [4.78, 5) is 2.29. The molecule has 1 aromatic rings. The van der Waals surface area contributed by atoms with Crippen molar-refractivity contribution in [2.24, 2.45) is 0 Å². The van der Waals surface area contributed by atoms with Gasteiger partial charge in [0.05, 0.1) is 0 Å². The van der Waals surface area contributed by atoms with Crippen LogP contribution in [0.3, 0.4) is 0 Å². The van der Waals surface area contributed by atoms with Crippen LogP contribution >= 0.6 is 0 Å². The molecule has 0 bridgehead atoms. The standard InChI is InChI=1S/C13H23AsN2O2S/c1-5-16(10-9-14(2)3)13-8-6-7-12(11-13)15-19(4,17)18/h6-8,11,15H,5,9-10H2,1-4H3. The van der Waals surface area contributed by atoms with E-state index in [4.69, 9.17) is 0 Å². The van der Waals surface area contributed by atoms with Gasteiger partial charge in [-0.2, -0.15) is 0 Å². The number of hydrogen-bond acceptors (Lipinski definition) is 3. The van der Waals surface area contributed by atoms with E-state index in [9.17, 15) is 8.42 Å². The number of hydrogen-bond donors (Lipinski definition) is 1. The van der Waals surface area contributed by atoms with Gasteiger partial charge < -0.3 is 0 Å². The Bertz CT molecular complexity index is 503. The summed E-state index contributed by atoms with van der Waals surface area (Å²) in [6.45, 7) is 4.11. The fourth-order valence-corrected chi connectivity index (χ4v) is 3.67. The number of anilines is 2. The first-order valence-corrected chi connectivity index (χ1v) is 13.3. The summed E-state index contributed by atoms with van der Waals surface area (Å²) in [6.07, 6.45) is 1.17. The van der Waals surface area contributed by atoms with Crippen molar-refractivity contribution in [1.29, 1.82) is 0 Å². The molecule has 19 heavy (non-hydrogen) atoms. The SMILES string of the molecule is CCN(CC[As](C)C)c1cccc(NS(C)(=O)=O)c1. The van der Waals surface area contributed by atoms with Gasteiger partial charge in [0.15, 0.2) is 0 Å². The van der Waals surface area contributed by atoms with Crippen molar-refractivity contribution in [3.63, 3.8) is 0 Å². The molecule has 1 rings (SSSR count). The van der Waals surface area contributed by atoms with Crippen molar-refractivity contribution in [3.8, 4) is 0 Å². The number of nitrogens with zero attached hydrogens (tertiary/aromatic N) is 1. The zero-order chi connectivity index (χ0) is 14.5. The normalized spacial score (nSPS) is 11.6. The zero-order valence-corrected chi connectivity index (χ0v) is 14.7. The monoisotopic (exact) mass is 346 g/mol. The fraction of sp³-hybridized carbons (Fsp3) is 0.538. The summed E-state index contributed by atoms with van der Waals surface area (Å²) < 4.78 is 25.0. The van der Waals surface area contributed by atoms with Crippen LogP contribution in [0.15, 0.2) is 24.3 Å². The minimum atomic E-state index is -3.21. The van der Waals surface area contributed by atoms with Gasteiger partial charge in [-0.1, -0.05) is 0 Å². The molecule has 6 heteroatoms. The van der Waals surface area contributed by atoms with Gasteiger partial charge in [-0.25, -0.2) is 0 Å². The Labute approximate surface area is 121 Å². The average molecular weight is 346 g/mol. The molecule has 0 spiro atoms. The van der Waals surface area contributed by atoms with Gasteiger partial charge in [0, 0.05) is 0 Å². The van der Waals surface area contributed by atoms with Crippen LogP contribution in [-0.4, -0.2) is 42.4 Å². The van der Waals surface area contributed by atoms with Gasteiger partial charge in [0.1, 0.15) is 0 Å². The molecular formula is C13H23AsN2O2S. The molecule has 0 saturated heterocycles. The average Bonchev–Trinajstić information content (AvgIpc) is 2.27. The molecule has 0 amide bonds. The van der Waals surface area contributed by atoms with Crippen LogP contribution in [0.4, 0.5) is 11.4 Å². The van der Waals surface area contributed by atoms with Gasteiger partial charge in [-0.3, -0.25) is 0 Å². The van der Waals surface area contributed by atoms with Gasteiger partial charge in [0.2, 0.25) is 0 Å². The molecule has 0 fully saturated rings. The molecule has 0 aromatic heterocycles. The Hall–Kier alpha value is -0.672. The van der Waals surface area contributed by atoms with E-state index in [-0.39, 0.29) is 0 Å². The van der Waals surface area contributed by atoms with E-state index in [1.807, 2.05) is 18.2 Å². The van der Waals surface area contributed by atoms with Gasteiger partial charge >= 0.3 is 121 Å². The molecule has 0 atom stereocenters. The molecule has 1 aromatic carbocycles. The zero-order valence-electron chi connectivity index (χ0n) is 12.0. The molecular weight excluding hydrogens is 323 g/mol. The van der Waals surface area contributed by atoms with Crippen LogP contribution in [0.25, 0.3) is 0 Å². The second-order valence-electron chi connectivity index (χ2n) is 4.81. The third-order valence-corrected chi connectivity index (χ3v) is 5.62. The number of sulfonamides is 1. The van der Waals surface area contributed by atoms with Gasteiger partial charge in [0.25, 0.3) is 0 Å². The predicted octanol–water partition coefficient (Wildman–Crippen LogP) is 2.64. The Morgan fingerprint density at radius 1 is 1.32 bits per heavy atom. The number of rotatable bonds is 7. The summed E-state index contributed by atoms with van der Waals surface area (Å²) in [5.74, 6) is 0. The van der Waals surface area contributed by atoms with Crippen LogP contribution in [-0.2, 0) is 10.0 Å². The molecule has 108 valence electrons. The molecule has 0 aliphatic heterocycles. The van der Waals surface area contributed by atoms with Gasteiger partial charge in [-0.15, -0.1) is 0 Å². The number of benzene rings is 1. The summed E-state index contributed by atoms with van der Waals surface area (Å²) >= 11 is -0.625. The molecule has 0 heterocycles. The predicted molar refractivity (Wildman–Crippen MR) is 85.1 cm³/mol. The second kappa shape index (κ2) is 7.20. The maximum absolute atomic E-state index is 11.2. The van der Waals surface area contributed by atoms with Crippen LogP contribution < -0.4 is 9.62 Å². The van der Waals surface area contributed by atoms with Crippen LogP contribution in [0, 0.1) is 0 Å². The van der Waals surface area contributed by atoms with E-state index in [2.05, 4.69) is 28.0 Å². The Balaban J connectivity index is 2.84. The summed E-state index contributed by atoms with van der Waals surface area (Å²) in [5, 5.41) is 1.27. The first kappa shape index (κ1) is 16.4. The Morgan fingerprint density at radius 2 is 2.00 bits per heavy atom. The van der Waals surface area contributed by atoms with E-state index in [1.165, 1.54) is 11.5 Å². The quantitative estimate of drug-likeness (QED) is 0.772. The Kier molecular flexibility index (Phi) is 6.21. The topological polar surface area (TPSA) is 49.4 Å². The van der Waals surface area contributed by atoms with E-state index < -0.39 is 24.7 Å². The van der Waals surface area contributed by atoms with E-state index in [0.29, 0.717) is 5.69 Å². The fourth-order valence-electron chi connectivity index (χ4n) is 1.77. The van der Waals surface area contributed by atoms with Crippen LogP contribution in [0.5, 0.6) is 0 Å². The van der Waals surface area contributed by atoms with Crippen LogP contribution in [0.1, 0.15) is 6.92 Å². The molecule has 1 N–H and O–H groups in total. The molecule has 4 nitrogen and oxygen atoms in total. The number of nitrogens with one attached hydrogen (secondary N) is 1. The van der Waals surface area contributed by atoms with Gasteiger partial charge in [-0.05, 0) is 0 Å². The first-order valence-electron chi connectivity index (χ1n) is 6.29. The molecule has 0 unspecified atom stereocenters. The van der Waals surface area contributed by atoms with Crippen LogP contribution in [0.2, 0.25) is 16.6 Å². The van der Waals surface area contributed by atoms with Crippen molar-refractivity contribution < 1.29 is 8.42 Å². The van der Waals surface area contributed by atoms with Crippen molar-refractivity contribution >= 4 is 36.0 Å². The molecule has 0 radical (unpaired) electrons. The summed E-state index contributed by atoms with van der Waals surface area (Å²) in [7, 11) is -3.21. The van der Waals surface area contributed by atoms with Crippen molar-refractivity contribution in [2.45, 2.75) is 23.6 Å².